The molecule has 8 nitrogen and oxygen atoms in total. The molecule has 0 bridgehead atoms. The fourth-order valence-corrected chi connectivity index (χ4v) is 6.43. The molecule has 2 amide bonds. The van der Waals surface area contributed by atoms with Gasteiger partial charge in [0.25, 0.3) is 0 Å². The van der Waals surface area contributed by atoms with Crippen LogP contribution in [0.1, 0.15) is 57.5 Å². The second-order valence-corrected chi connectivity index (χ2v) is 11.3. The third kappa shape index (κ3) is 4.21. The summed E-state index contributed by atoms with van der Waals surface area (Å²) in [7, 11) is 1.64. The van der Waals surface area contributed by atoms with E-state index in [2.05, 4.69) is 37.6 Å². The van der Waals surface area contributed by atoms with Gasteiger partial charge in [-0.1, -0.05) is 12.1 Å². The van der Waals surface area contributed by atoms with Crippen LogP contribution in [0.2, 0.25) is 0 Å². The topological polar surface area (TPSA) is 89.1 Å². The Hall–Kier alpha value is -3.52. The van der Waals surface area contributed by atoms with Crippen LogP contribution in [0.25, 0.3) is 10.9 Å². The van der Waals surface area contributed by atoms with Gasteiger partial charge in [0, 0.05) is 48.2 Å². The van der Waals surface area contributed by atoms with E-state index in [4.69, 9.17) is 4.74 Å². The molecule has 2 N–H and O–H groups in total. The van der Waals surface area contributed by atoms with Gasteiger partial charge in [-0.15, -0.1) is 0 Å². The predicted molar refractivity (Wildman–Crippen MR) is 147 cm³/mol. The SMILES string of the molecule is COc1ccc2[nH]c3c(c2c1)C[C@]1(C)C(=O)N(CCN(C(C)C)C(C)C)CC(=O)N1[C@@H]3c1cccc(O)c1. The number of carbonyl (C=O) groups excluding carboxylic acids is 2. The van der Waals surface area contributed by atoms with Crippen LogP contribution in [0.3, 0.4) is 0 Å². The molecule has 2 aliphatic rings. The lowest BCUT2D eigenvalue weighted by Gasteiger charge is -2.53. The van der Waals surface area contributed by atoms with Crippen LogP contribution in [0.4, 0.5) is 0 Å². The highest BCUT2D eigenvalue weighted by Crippen LogP contribution is 2.47. The van der Waals surface area contributed by atoms with Crippen LogP contribution in [-0.2, 0) is 16.0 Å². The Bertz CT molecular complexity index is 1370. The Morgan fingerprint density at radius 1 is 1.13 bits per heavy atom. The van der Waals surface area contributed by atoms with Gasteiger partial charge < -0.3 is 24.6 Å². The third-order valence-electron chi connectivity index (χ3n) is 8.21. The Morgan fingerprint density at radius 3 is 2.53 bits per heavy atom. The summed E-state index contributed by atoms with van der Waals surface area (Å²) in [4.78, 5) is 37.5. The van der Waals surface area contributed by atoms with E-state index < -0.39 is 11.6 Å². The quantitative estimate of drug-likeness (QED) is 0.492. The van der Waals surface area contributed by atoms with Gasteiger partial charge >= 0.3 is 0 Å². The van der Waals surface area contributed by atoms with Gasteiger partial charge in [-0.25, -0.2) is 0 Å². The highest BCUT2D eigenvalue weighted by atomic mass is 16.5. The summed E-state index contributed by atoms with van der Waals surface area (Å²) >= 11 is 0. The molecule has 202 valence electrons. The molecule has 1 aromatic heterocycles. The van der Waals surface area contributed by atoms with Gasteiger partial charge in [0.1, 0.15) is 17.0 Å². The van der Waals surface area contributed by atoms with Crippen LogP contribution in [0.5, 0.6) is 11.5 Å². The van der Waals surface area contributed by atoms with Gasteiger partial charge in [0.2, 0.25) is 11.8 Å². The number of phenolic OH excluding ortho intramolecular Hbond substituents is 1. The smallest absolute Gasteiger partial charge is 0.249 e. The first kappa shape index (κ1) is 26.1. The van der Waals surface area contributed by atoms with Crippen LogP contribution in [0, 0.1) is 0 Å². The third-order valence-corrected chi connectivity index (χ3v) is 8.21. The average Bonchev–Trinajstić information content (AvgIpc) is 3.22. The number of methoxy groups -OCH3 is 1. The van der Waals surface area contributed by atoms with Crippen molar-refractivity contribution in [2.75, 3.05) is 26.7 Å². The number of hydrogen-bond donors (Lipinski definition) is 2. The maximum absolute atomic E-state index is 14.2. The number of aromatic nitrogens is 1. The molecule has 0 radical (unpaired) electrons. The van der Waals surface area contributed by atoms with E-state index in [0.29, 0.717) is 31.6 Å². The number of aromatic amines is 1. The van der Waals surface area contributed by atoms with Crippen LogP contribution in [-0.4, -0.2) is 81.0 Å². The minimum absolute atomic E-state index is 0.0388. The molecule has 8 heteroatoms. The number of fused-ring (bicyclic) bond motifs is 4. The van der Waals surface area contributed by atoms with E-state index in [9.17, 15) is 14.7 Å². The zero-order valence-electron chi connectivity index (χ0n) is 23.1. The monoisotopic (exact) mass is 518 g/mol. The Balaban J connectivity index is 1.61. The van der Waals surface area contributed by atoms with Crippen molar-refractivity contribution >= 4 is 22.7 Å². The van der Waals surface area contributed by atoms with Crippen LogP contribution >= 0.6 is 0 Å². The minimum atomic E-state index is -1.07. The molecule has 3 aromatic rings. The number of piperazine rings is 1. The second-order valence-electron chi connectivity index (χ2n) is 11.3. The van der Waals surface area contributed by atoms with E-state index >= 15 is 0 Å². The highest BCUT2D eigenvalue weighted by molar-refractivity contribution is 6.00. The Kier molecular flexibility index (Phi) is 6.63. The molecular formula is C30H38N4O4. The van der Waals surface area contributed by atoms with Gasteiger partial charge in [0.05, 0.1) is 19.7 Å². The Labute approximate surface area is 224 Å². The number of aromatic hydroxyl groups is 1. The molecule has 0 unspecified atom stereocenters. The van der Waals surface area contributed by atoms with E-state index in [-0.39, 0.29) is 24.1 Å². The molecule has 38 heavy (non-hydrogen) atoms. The number of carbonyl (C=O) groups is 2. The van der Waals surface area contributed by atoms with Crippen molar-refractivity contribution in [1.82, 2.24) is 19.7 Å². The number of rotatable bonds is 7. The predicted octanol–water partition coefficient (Wildman–Crippen LogP) is 4.08. The normalized spacial score (nSPS) is 21.6. The summed E-state index contributed by atoms with van der Waals surface area (Å²) in [6.07, 6.45) is 0.393. The Morgan fingerprint density at radius 2 is 1.87 bits per heavy atom. The first-order chi connectivity index (χ1) is 18.0. The summed E-state index contributed by atoms with van der Waals surface area (Å²) in [5, 5.41) is 11.3. The van der Waals surface area contributed by atoms with Crippen molar-refractivity contribution in [3.05, 3.63) is 59.3 Å². The van der Waals surface area contributed by atoms with Crippen LogP contribution < -0.4 is 4.74 Å². The lowest BCUT2D eigenvalue weighted by molar-refractivity contribution is -0.167. The summed E-state index contributed by atoms with van der Waals surface area (Å²) in [5.74, 6) is 0.713. The van der Waals surface area contributed by atoms with Crippen molar-refractivity contribution < 1.29 is 19.4 Å². The number of amides is 2. The van der Waals surface area contributed by atoms with Crippen molar-refractivity contribution in [2.45, 2.75) is 64.7 Å². The minimum Gasteiger partial charge on any atom is -0.508 e. The molecule has 2 aliphatic heterocycles. The number of hydrogen-bond acceptors (Lipinski definition) is 5. The molecular weight excluding hydrogens is 480 g/mol. The molecule has 0 spiro atoms. The van der Waals surface area contributed by atoms with Crippen molar-refractivity contribution in [3.63, 3.8) is 0 Å². The number of nitrogens with one attached hydrogen (secondary N) is 1. The van der Waals surface area contributed by atoms with Crippen molar-refractivity contribution in [3.8, 4) is 11.5 Å². The largest absolute Gasteiger partial charge is 0.508 e. The summed E-state index contributed by atoms with van der Waals surface area (Å²) < 4.78 is 5.50. The molecule has 1 saturated heterocycles. The number of phenols is 1. The maximum atomic E-state index is 14.2. The molecule has 2 atom stereocenters. The molecule has 5 rings (SSSR count). The number of benzene rings is 2. The van der Waals surface area contributed by atoms with Crippen molar-refractivity contribution in [1.29, 1.82) is 0 Å². The lowest BCUT2D eigenvalue weighted by Crippen LogP contribution is -2.70. The summed E-state index contributed by atoms with van der Waals surface area (Å²) in [6, 6.07) is 13.0. The van der Waals surface area contributed by atoms with Crippen molar-refractivity contribution in [2.24, 2.45) is 0 Å². The summed E-state index contributed by atoms with van der Waals surface area (Å²) in [5.41, 5.74) is 2.48. The van der Waals surface area contributed by atoms with Gasteiger partial charge in [-0.2, -0.15) is 0 Å². The first-order valence-corrected chi connectivity index (χ1v) is 13.4. The first-order valence-electron chi connectivity index (χ1n) is 13.4. The van der Waals surface area contributed by atoms with Gasteiger partial charge in [-0.05, 0) is 76.1 Å². The molecule has 0 aliphatic carbocycles. The standard InChI is InChI=1S/C30H38N4O4/c1-18(2)33(19(3)4)13-12-32-17-26(36)34-28(20-8-7-9-21(35)14-20)27-24(16-30(34,5)29(32)37)23-15-22(38-6)10-11-25(23)31-27/h7-11,14-15,18-19,28,31,35H,12-13,16-17H2,1-6H3/t28-,30-/m1/s1. The highest BCUT2D eigenvalue weighted by Gasteiger charge is 2.56. The number of H-pyrrole nitrogens is 1. The maximum Gasteiger partial charge on any atom is 0.249 e. The second kappa shape index (κ2) is 9.66. The van der Waals surface area contributed by atoms with E-state index in [1.54, 1.807) is 35.1 Å². The van der Waals surface area contributed by atoms with E-state index in [0.717, 1.165) is 33.5 Å². The number of nitrogens with zero attached hydrogens (tertiary/aromatic N) is 3. The zero-order valence-corrected chi connectivity index (χ0v) is 23.1. The lowest BCUT2D eigenvalue weighted by atomic mass is 9.78. The van der Waals surface area contributed by atoms with Gasteiger partial charge in [0.15, 0.2) is 0 Å². The number of ether oxygens (including phenoxy) is 1. The molecule has 1 fully saturated rings. The van der Waals surface area contributed by atoms with E-state index in [1.165, 1.54) is 0 Å². The molecule has 3 heterocycles. The fourth-order valence-electron chi connectivity index (χ4n) is 6.43. The molecule has 0 saturated carbocycles. The fraction of sp³-hybridized carbons (Fsp3) is 0.467. The van der Waals surface area contributed by atoms with E-state index in [1.807, 2.05) is 31.2 Å². The molecule has 2 aromatic carbocycles. The average molecular weight is 519 g/mol. The van der Waals surface area contributed by atoms with Crippen LogP contribution in [0.15, 0.2) is 42.5 Å². The zero-order chi connectivity index (χ0) is 27.4. The van der Waals surface area contributed by atoms with Gasteiger partial charge in [-0.3, -0.25) is 14.5 Å². The summed E-state index contributed by atoms with van der Waals surface area (Å²) in [6.45, 7) is 11.7.